The van der Waals surface area contributed by atoms with E-state index >= 15 is 0 Å². The summed E-state index contributed by atoms with van der Waals surface area (Å²) < 4.78 is 5.28. The van der Waals surface area contributed by atoms with Crippen LogP contribution in [0.5, 0.6) is 0 Å². The lowest BCUT2D eigenvalue weighted by Gasteiger charge is -2.24. The summed E-state index contributed by atoms with van der Waals surface area (Å²) in [5.41, 5.74) is 8.76. The third-order valence-electron chi connectivity index (χ3n) is 4.79. The highest BCUT2D eigenvalue weighted by Gasteiger charge is 2.30. The zero-order valence-corrected chi connectivity index (χ0v) is 15.9. The van der Waals surface area contributed by atoms with Gasteiger partial charge in [0.05, 0.1) is 11.6 Å². The number of rotatable bonds is 5. The van der Waals surface area contributed by atoms with Crippen LogP contribution in [0.15, 0.2) is 35.0 Å². The first-order chi connectivity index (χ1) is 12.5. The van der Waals surface area contributed by atoms with Crippen LogP contribution in [0.3, 0.4) is 0 Å². The van der Waals surface area contributed by atoms with Gasteiger partial charge in [0, 0.05) is 12.2 Å². The largest absolute Gasteiger partial charge is 0.452 e. The van der Waals surface area contributed by atoms with Gasteiger partial charge in [0.2, 0.25) is 0 Å². The van der Waals surface area contributed by atoms with Gasteiger partial charge in [-0.25, -0.2) is 4.79 Å². The minimum atomic E-state index is -0.551. The Kier molecular flexibility index (Phi) is 5.61. The van der Waals surface area contributed by atoms with Crippen LogP contribution >= 0.6 is 11.3 Å². The first-order valence-corrected chi connectivity index (χ1v) is 9.79. The molecule has 2 N–H and O–H groups in total. The van der Waals surface area contributed by atoms with E-state index in [1.807, 2.05) is 36.3 Å². The molecule has 138 valence electrons. The molecule has 0 radical (unpaired) electrons. The van der Waals surface area contributed by atoms with E-state index in [9.17, 15) is 9.59 Å². The number of likely N-dealkylation sites (tertiary alicyclic amines) is 1. The molecular weight excluding hydrogens is 348 g/mol. The van der Waals surface area contributed by atoms with Gasteiger partial charge in [0.1, 0.15) is 0 Å². The molecule has 6 heteroatoms. The van der Waals surface area contributed by atoms with Crippen molar-refractivity contribution in [2.45, 2.75) is 38.6 Å². The zero-order chi connectivity index (χ0) is 18.7. The highest BCUT2D eigenvalue weighted by Crippen LogP contribution is 2.33. The molecule has 1 fully saturated rings. The predicted octanol–water partition coefficient (Wildman–Crippen LogP) is 3.97. The van der Waals surface area contributed by atoms with Crippen LogP contribution in [0.4, 0.5) is 5.69 Å². The van der Waals surface area contributed by atoms with Gasteiger partial charge in [-0.3, -0.25) is 4.79 Å². The minimum Gasteiger partial charge on any atom is -0.452 e. The molecule has 1 aliphatic rings. The molecule has 0 saturated carbocycles. The molecule has 1 aliphatic heterocycles. The molecule has 0 spiro atoms. The molecule has 5 nitrogen and oxygen atoms in total. The van der Waals surface area contributed by atoms with Gasteiger partial charge in [0.15, 0.2) is 6.61 Å². The second-order valence-electron chi connectivity index (χ2n) is 6.88. The van der Waals surface area contributed by atoms with E-state index in [1.165, 1.54) is 0 Å². The average Bonchev–Trinajstić information content (AvgIpc) is 3.30. The maximum Gasteiger partial charge on any atom is 0.340 e. The van der Waals surface area contributed by atoms with Gasteiger partial charge < -0.3 is 15.4 Å². The van der Waals surface area contributed by atoms with Crippen LogP contribution in [0.25, 0.3) is 0 Å². The average molecular weight is 372 g/mol. The Morgan fingerprint density at radius 2 is 2.15 bits per heavy atom. The van der Waals surface area contributed by atoms with Crippen molar-refractivity contribution >= 4 is 28.9 Å². The molecular formula is C20H24N2O3S. The first kappa shape index (κ1) is 18.5. The van der Waals surface area contributed by atoms with E-state index in [0.717, 1.165) is 24.0 Å². The van der Waals surface area contributed by atoms with Crippen LogP contribution < -0.4 is 5.73 Å². The Labute approximate surface area is 157 Å². The van der Waals surface area contributed by atoms with E-state index in [2.05, 4.69) is 5.38 Å². The summed E-state index contributed by atoms with van der Waals surface area (Å²) in [7, 11) is 0. The number of anilines is 1. The monoisotopic (exact) mass is 372 g/mol. The standard InChI is InChI=1S/C20H24N2O3S/c1-13(2)14-5-6-17(21)16(10-14)20(24)25-11-19(23)22-8-3-4-18(22)15-7-9-26-12-15/h5-7,9-10,12-13,18H,3-4,8,11,21H2,1-2H3. The lowest BCUT2D eigenvalue weighted by molar-refractivity contribution is -0.135. The lowest BCUT2D eigenvalue weighted by Crippen LogP contribution is -2.34. The molecule has 2 aromatic rings. The predicted molar refractivity (Wildman–Crippen MR) is 103 cm³/mol. The fourth-order valence-corrected chi connectivity index (χ4v) is 3.98. The van der Waals surface area contributed by atoms with Gasteiger partial charge in [-0.15, -0.1) is 0 Å². The SMILES string of the molecule is CC(C)c1ccc(N)c(C(=O)OCC(=O)N2CCCC2c2ccsc2)c1. The van der Waals surface area contributed by atoms with Gasteiger partial charge in [-0.1, -0.05) is 19.9 Å². The molecule has 1 saturated heterocycles. The van der Waals surface area contributed by atoms with Gasteiger partial charge in [-0.2, -0.15) is 11.3 Å². The van der Waals surface area contributed by atoms with Crippen molar-refractivity contribution in [3.63, 3.8) is 0 Å². The summed E-state index contributed by atoms with van der Waals surface area (Å²) in [5, 5.41) is 4.08. The van der Waals surface area contributed by atoms with Crippen molar-refractivity contribution in [1.29, 1.82) is 0 Å². The number of amides is 1. The molecule has 1 aromatic carbocycles. The van der Waals surface area contributed by atoms with E-state index in [4.69, 9.17) is 10.5 Å². The molecule has 1 amide bonds. The van der Waals surface area contributed by atoms with Gasteiger partial charge in [-0.05, 0) is 58.8 Å². The topological polar surface area (TPSA) is 72.6 Å². The number of carbonyl (C=O) groups excluding carboxylic acids is 2. The van der Waals surface area contributed by atoms with Crippen LogP contribution in [0.1, 0.15) is 60.1 Å². The highest BCUT2D eigenvalue weighted by atomic mass is 32.1. The second-order valence-corrected chi connectivity index (χ2v) is 7.66. The van der Waals surface area contributed by atoms with Crippen molar-refractivity contribution in [2.75, 3.05) is 18.9 Å². The number of nitrogens with zero attached hydrogens (tertiary/aromatic N) is 1. The van der Waals surface area contributed by atoms with Crippen LogP contribution in [0, 0.1) is 0 Å². The quantitative estimate of drug-likeness (QED) is 0.637. The number of hydrogen-bond donors (Lipinski definition) is 1. The Bertz CT molecular complexity index is 786. The van der Waals surface area contributed by atoms with Crippen LogP contribution in [-0.4, -0.2) is 29.9 Å². The van der Waals surface area contributed by atoms with Crippen molar-refractivity contribution in [3.05, 3.63) is 51.7 Å². The molecule has 1 atom stereocenters. The first-order valence-electron chi connectivity index (χ1n) is 8.85. The molecule has 2 heterocycles. The highest BCUT2D eigenvalue weighted by molar-refractivity contribution is 7.08. The number of benzene rings is 1. The van der Waals surface area contributed by atoms with Gasteiger partial charge in [0.25, 0.3) is 5.91 Å². The molecule has 0 aliphatic carbocycles. The summed E-state index contributed by atoms with van der Waals surface area (Å²) in [4.78, 5) is 26.8. The Balaban J connectivity index is 1.64. The smallest absolute Gasteiger partial charge is 0.340 e. The van der Waals surface area contributed by atoms with Crippen molar-refractivity contribution < 1.29 is 14.3 Å². The number of esters is 1. The molecule has 0 bridgehead atoms. The number of hydrogen-bond acceptors (Lipinski definition) is 5. The summed E-state index contributed by atoms with van der Waals surface area (Å²) in [5.74, 6) is -0.435. The summed E-state index contributed by atoms with van der Waals surface area (Å²) >= 11 is 1.62. The van der Waals surface area contributed by atoms with Crippen molar-refractivity contribution in [3.8, 4) is 0 Å². The molecule has 1 aromatic heterocycles. The van der Waals surface area contributed by atoms with Crippen molar-refractivity contribution in [1.82, 2.24) is 4.90 Å². The Morgan fingerprint density at radius 3 is 2.85 bits per heavy atom. The number of thiophene rings is 1. The van der Waals surface area contributed by atoms with E-state index < -0.39 is 5.97 Å². The lowest BCUT2D eigenvalue weighted by atomic mass is 10.00. The number of carbonyl (C=O) groups is 2. The molecule has 3 rings (SSSR count). The summed E-state index contributed by atoms with van der Waals surface area (Å²) in [6.45, 7) is 4.52. The minimum absolute atomic E-state index is 0.0850. The Morgan fingerprint density at radius 1 is 1.35 bits per heavy atom. The maximum atomic E-state index is 12.6. The van der Waals surface area contributed by atoms with Crippen LogP contribution in [-0.2, 0) is 9.53 Å². The second kappa shape index (κ2) is 7.91. The fraction of sp³-hybridized carbons (Fsp3) is 0.400. The number of nitrogens with two attached hydrogens (primary N) is 1. The van der Waals surface area contributed by atoms with E-state index in [-0.39, 0.29) is 24.5 Å². The normalized spacial score (nSPS) is 16.9. The third kappa shape index (κ3) is 3.90. The van der Waals surface area contributed by atoms with Crippen molar-refractivity contribution in [2.24, 2.45) is 0 Å². The van der Waals surface area contributed by atoms with E-state index in [0.29, 0.717) is 17.8 Å². The fourth-order valence-electron chi connectivity index (χ4n) is 3.27. The van der Waals surface area contributed by atoms with Crippen LogP contribution in [0.2, 0.25) is 0 Å². The molecule has 26 heavy (non-hydrogen) atoms. The third-order valence-corrected chi connectivity index (χ3v) is 5.49. The summed E-state index contributed by atoms with van der Waals surface area (Å²) in [6.07, 6.45) is 1.91. The Hall–Kier alpha value is -2.34. The van der Waals surface area contributed by atoms with Gasteiger partial charge >= 0.3 is 5.97 Å². The molecule has 1 unspecified atom stereocenters. The summed E-state index contributed by atoms with van der Waals surface area (Å²) in [6, 6.07) is 7.49. The maximum absolute atomic E-state index is 12.6. The number of nitrogen functional groups attached to an aromatic ring is 1. The zero-order valence-electron chi connectivity index (χ0n) is 15.1. The number of ether oxygens (including phenoxy) is 1. The van der Waals surface area contributed by atoms with E-state index in [1.54, 1.807) is 23.5 Å².